The number of halogens is 1. The number of amides is 1. The third kappa shape index (κ3) is 6.40. The van der Waals surface area contributed by atoms with Crippen molar-refractivity contribution in [3.8, 4) is 0 Å². The highest BCUT2D eigenvalue weighted by molar-refractivity contribution is 6.30. The molecule has 1 aromatic rings. The van der Waals surface area contributed by atoms with E-state index in [0.717, 1.165) is 24.8 Å². The van der Waals surface area contributed by atoms with E-state index in [1.807, 2.05) is 24.3 Å². The van der Waals surface area contributed by atoms with Crippen LogP contribution in [-0.2, 0) is 4.79 Å². The monoisotopic (exact) mass is 296 g/mol. The lowest BCUT2D eigenvalue weighted by atomic mass is 9.97. The van der Waals surface area contributed by atoms with Crippen molar-refractivity contribution in [2.75, 3.05) is 6.54 Å². The number of nitrogens with two attached hydrogens (primary N) is 1. The van der Waals surface area contributed by atoms with Crippen molar-refractivity contribution in [3.63, 3.8) is 0 Å². The Labute approximate surface area is 126 Å². The quantitative estimate of drug-likeness (QED) is 0.769. The average molecular weight is 297 g/mol. The van der Waals surface area contributed by atoms with Crippen LogP contribution in [-0.4, -0.2) is 12.5 Å². The molecule has 0 spiro atoms. The van der Waals surface area contributed by atoms with Crippen LogP contribution in [0.4, 0.5) is 0 Å². The molecule has 0 saturated carbocycles. The van der Waals surface area contributed by atoms with Crippen molar-refractivity contribution in [2.24, 2.45) is 11.7 Å². The fraction of sp³-hybridized carbons (Fsp3) is 0.562. The largest absolute Gasteiger partial charge is 0.349 e. The number of nitrogens with one attached hydrogen (secondary N) is 1. The summed E-state index contributed by atoms with van der Waals surface area (Å²) >= 11 is 5.92. The first-order valence-electron chi connectivity index (χ1n) is 7.27. The third-order valence-corrected chi connectivity index (χ3v) is 3.50. The van der Waals surface area contributed by atoms with Gasteiger partial charge in [0.05, 0.1) is 6.04 Å². The van der Waals surface area contributed by atoms with E-state index in [2.05, 4.69) is 19.2 Å². The van der Waals surface area contributed by atoms with Crippen LogP contribution in [0.2, 0.25) is 5.02 Å². The van der Waals surface area contributed by atoms with Crippen LogP contribution in [0.5, 0.6) is 0 Å². The Kier molecular flexibility index (Phi) is 7.63. The van der Waals surface area contributed by atoms with Crippen molar-refractivity contribution < 1.29 is 4.79 Å². The fourth-order valence-corrected chi connectivity index (χ4v) is 2.17. The Bertz CT molecular complexity index is 403. The number of carbonyl (C=O) groups excluding carboxylic acids is 1. The molecule has 1 rings (SSSR count). The minimum atomic E-state index is 0.0555. The summed E-state index contributed by atoms with van der Waals surface area (Å²) in [6.07, 6.45) is 3.23. The van der Waals surface area contributed by atoms with Gasteiger partial charge in [0.2, 0.25) is 5.91 Å². The second kappa shape index (κ2) is 8.98. The molecular weight excluding hydrogens is 272 g/mol. The molecule has 0 bridgehead atoms. The van der Waals surface area contributed by atoms with Crippen LogP contribution in [0.15, 0.2) is 24.3 Å². The number of rotatable bonds is 8. The second-order valence-corrected chi connectivity index (χ2v) is 5.97. The predicted molar refractivity (Wildman–Crippen MR) is 84.7 cm³/mol. The zero-order valence-electron chi connectivity index (χ0n) is 12.4. The molecule has 112 valence electrons. The maximum atomic E-state index is 11.9. The summed E-state index contributed by atoms with van der Waals surface area (Å²) in [6.45, 7) is 4.93. The zero-order chi connectivity index (χ0) is 15.0. The van der Waals surface area contributed by atoms with E-state index in [0.29, 0.717) is 23.9 Å². The van der Waals surface area contributed by atoms with Crippen molar-refractivity contribution >= 4 is 17.5 Å². The summed E-state index contributed by atoms with van der Waals surface area (Å²) in [6, 6.07) is 7.75. The first kappa shape index (κ1) is 17.0. The average Bonchev–Trinajstić information content (AvgIpc) is 2.42. The summed E-state index contributed by atoms with van der Waals surface area (Å²) in [5.41, 5.74) is 6.55. The van der Waals surface area contributed by atoms with Gasteiger partial charge in [-0.3, -0.25) is 4.79 Å². The molecule has 1 atom stereocenters. The normalized spacial score (nSPS) is 12.4. The van der Waals surface area contributed by atoms with Crippen LogP contribution in [0.25, 0.3) is 0 Å². The Morgan fingerprint density at radius 2 is 1.90 bits per heavy atom. The molecule has 0 heterocycles. The Morgan fingerprint density at radius 3 is 2.45 bits per heavy atom. The van der Waals surface area contributed by atoms with Gasteiger partial charge in [0, 0.05) is 11.4 Å². The second-order valence-electron chi connectivity index (χ2n) is 5.54. The van der Waals surface area contributed by atoms with Gasteiger partial charge in [-0.2, -0.15) is 0 Å². The maximum Gasteiger partial charge on any atom is 0.220 e. The SMILES string of the molecule is CC(C)CCC(NC(=O)CCCN)c1ccc(Cl)cc1. The van der Waals surface area contributed by atoms with Gasteiger partial charge in [-0.05, 0) is 49.4 Å². The van der Waals surface area contributed by atoms with E-state index in [1.165, 1.54) is 0 Å². The van der Waals surface area contributed by atoms with Gasteiger partial charge in [-0.25, -0.2) is 0 Å². The maximum absolute atomic E-state index is 11.9. The van der Waals surface area contributed by atoms with Crippen LogP contribution in [0.3, 0.4) is 0 Å². The van der Waals surface area contributed by atoms with E-state index < -0.39 is 0 Å². The topological polar surface area (TPSA) is 55.1 Å². The number of benzene rings is 1. The molecule has 1 unspecified atom stereocenters. The van der Waals surface area contributed by atoms with Crippen LogP contribution in [0, 0.1) is 5.92 Å². The van der Waals surface area contributed by atoms with Crippen molar-refractivity contribution in [1.29, 1.82) is 0 Å². The Hall–Kier alpha value is -1.06. The molecule has 0 aromatic heterocycles. The standard InChI is InChI=1S/C16H25ClN2O/c1-12(2)5-10-15(19-16(20)4-3-11-18)13-6-8-14(17)9-7-13/h6-9,12,15H,3-5,10-11,18H2,1-2H3,(H,19,20). The van der Waals surface area contributed by atoms with Gasteiger partial charge in [-0.15, -0.1) is 0 Å². The third-order valence-electron chi connectivity index (χ3n) is 3.25. The molecule has 0 fully saturated rings. The molecular formula is C16H25ClN2O. The van der Waals surface area contributed by atoms with Gasteiger partial charge in [-0.1, -0.05) is 37.6 Å². The number of hydrogen-bond acceptors (Lipinski definition) is 2. The molecule has 0 aliphatic heterocycles. The van der Waals surface area contributed by atoms with E-state index in [1.54, 1.807) is 0 Å². The summed E-state index contributed by atoms with van der Waals surface area (Å²) in [5, 5.41) is 3.82. The first-order chi connectivity index (χ1) is 9.52. The van der Waals surface area contributed by atoms with Crippen LogP contribution >= 0.6 is 11.6 Å². The molecule has 1 aromatic carbocycles. The molecule has 0 radical (unpaired) electrons. The van der Waals surface area contributed by atoms with Gasteiger partial charge in [0.25, 0.3) is 0 Å². The smallest absolute Gasteiger partial charge is 0.220 e. The highest BCUT2D eigenvalue weighted by Gasteiger charge is 2.14. The van der Waals surface area contributed by atoms with Crippen molar-refractivity contribution in [3.05, 3.63) is 34.9 Å². The predicted octanol–water partition coefficient (Wildman–Crippen LogP) is 3.67. The van der Waals surface area contributed by atoms with Crippen molar-refractivity contribution in [2.45, 2.75) is 45.6 Å². The molecule has 0 aliphatic rings. The van der Waals surface area contributed by atoms with Crippen LogP contribution in [0.1, 0.15) is 51.1 Å². The summed E-state index contributed by atoms with van der Waals surface area (Å²) < 4.78 is 0. The van der Waals surface area contributed by atoms with Gasteiger partial charge < -0.3 is 11.1 Å². The first-order valence-corrected chi connectivity index (χ1v) is 7.65. The Balaban J connectivity index is 2.69. The number of carbonyl (C=O) groups is 1. The molecule has 4 heteroatoms. The lowest BCUT2D eigenvalue weighted by molar-refractivity contribution is -0.122. The molecule has 1 amide bonds. The number of hydrogen-bond donors (Lipinski definition) is 2. The molecule has 0 aliphatic carbocycles. The minimum Gasteiger partial charge on any atom is -0.349 e. The van der Waals surface area contributed by atoms with Gasteiger partial charge in [0.15, 0.2) is 0 Å². The zero-order valence-corrected chi connectivity index (χ0v) is 13.1. The van der Waals surface area contributed by atoms with E-state index >= 15 is 0 Å². The minimum absolute atomic E-state index is 0.0555. The summed E-state index contributed by atoms with van der Waals surface area (Å²) in [7, 11) is 0. The highest BCUT2D eigenvalue weighted by atomic mass is 35.5. The van der Waals surface area contributed by atoms with Gasteiger partial charge >= 0.3 is 0 Å². The molecule has 0 saturated heterocycles. The lowest BCUT2D eigenvalue weighted by Gasteiger charge is -2.20. The van der Waals surface area contributed by atoms with Gasteiger partial charge in [0.1, 0.15) is 0 Å². The summed E-state index contributed by atoms with van der Waals surface area (Å²) in [4.78, 5) is 11.9. The molecule has 3 N–H and O–H groups in total. The van der Waals surface area contributed by atoms with E-state index in [9.17, 15) is 4.79 Å². The van der Waals surface area contributed by atoms with E-state index in [-0.39, 0.29) is 11.9 Å². The lowest BCUT2D eigenvalue weighted by Crippen LogP contribution is -2.29. The Morgan fingerprint density at radius 1 is 1.25 bits per heavy atom. The van der Waals surface area contributed by atoms with Crippen molar-refractivity contribution in [1.82, 2.24) is 5.32 Å². The highest BCUT2D eigenvalue weighted by Crippen LogP contribution is 2.23. The van der Waals surface area contributed by atoms with Crippen LogP contribution < -0.4 is 11.1 Å². The molecule has 3 nitrogen and oxygen atoms in total. The van der Waals surface area contributed by atoms with E-state index in [4.69, 9.17) is 17.3 Å². The molecule has 20 heavy (non-hydrogen) atoms. The fourth-order valence-electron chi connectivity index (χ4n) is 2.05. The summed E-state index contributed by atoms with van der Waals surface area (Å²) in [5.74, 6) is 0.685.